The number of nitrogens with one attached hydrogen (secondary N) is 5. The number of alkyl carbamates (subject to hydrolysis) is 1. The average molecular weight is 915 g/mol. The molecule has 0 radical (unpaired) electrons. The van der Waals surface area contributed by atoms with Crippen molar-refractivity contribution in [3.05, 3.63) is 108 Å². The first-order valence-corrected chi connectivity index (χ1v) is 21.7. The summed E-state index contributed by atoms with van der Waals surface area (Å²) in [7, 11) is 1.94. The molecule has 0 spiro atoms. The van der Waals surface area contributed by atoms with Crippen molar-refractivity contribution < 1.29 is 42.8 Å². The van der Waals surface area contributed by atoms with Crippen molar-refractivity contribution in [1.82, 2.24) is 25.2 Å². The molecule has 3 aromatic carbocycles. The second kappa shape index (κ2) is 26.8. The lowest BCUT2D eigenvalue weighted by Gasteiger charge is -2.19. The number of halogens is 1. The molecule has 0 fully saturated rings. The average Bonchev–Trinajstić information content (AvgIpc) is 3.70. The number of H-pyrrole nitrogens is 1. The number of aromatic amines is 1. The number of likely N-dealkylation sites (N-methyl/N-ethyl adjacent to an activating group) is 1. The van der Waals surface area contributed by atoms with Gasteiger partial charge in [-0.1, -0.05) is 41.9 Å². The normalized spacial score (nSPS) is 11.6. The maximum Gasteiger partial charge on any atom is 0.407 e. The molecule has 0 aliphatic heterocycles. The first-order valence-electron chi connectivity index (χ1n) is 21.3. The molecule has 0 aliphatic rings. The van der Waals surface area contributed by atoms with Crippen LogP contribution in [-0.4, -0.2) is 136 Å². The minimum absolute atomic E-state index is 0.282. The lowest BCUT2D eigenvalue weighted by atomic mass is 10.1. The van der Waals surface area contributed by atoms with Gasteiger partial charge in [0.05, 0.1) is 83.0 Å². The standard InChI is InChI=1S/C47H59ClN8O9/c1-47(2,3)65-46(59)49-18-21-60-23-25-62-27-29-64-30-28-63-26-24-61-22-20-56(4)19-8-13-42(57)52-35-16-14-34(15-17-35)44(58)53-36-9-7-10-37(31-36)54-45-51-33-40(48)43(55-45)39-32-50-41-12-6-5-11-38(39)41/h5-17,31-33,50H,18-30H2,1-4H3,(H,49,59)(H,52,57)(H,53,58)(H,51,54,55)/b13-8+. The molecule has 0 saturated heterocycles. The highest BCUT2D eigenvalue weighted by molar-refractivity contribution is 6.33. The van der Waals surface area contributed by atoms with Crippen molar-refractivity contribution in [1.29, 1.82) is 0 Å². The van der Waals surface area contributed by atoms with Crippen LogP contribution in [0.4, 0.5) is 27.8 Å². The smallest absolute Gasteiger partial charge is 0.407 e. The summed E-state index contributed by atoms with van der Waals surface area (Å²) in [5, 5.41) is 13.0. The van der Waals surface area contributed by atoms with Crippen LogP contribution in [0.15, 0.2) is 97.3 Å². The van der Waals surface area contributed by atoms with Gasteiger partial charge in [0, 0.05) is 71.0 Å². The molecule has 5 N–H and O–H groups in total. The highest BCUT2D eigenvalue weighted by Gasteiger charge is 2.16. The number of carbonyl (C=O) groups is 3. The van der Waals surface area contributed by atoms with Crippen molar-refractivity contribution >= 4 is 63.4 Å². The van der Waals surface area contributed by atoms with E-state index in [0.717, 1.165) is 16.5 Å². The Bertz CT molecular complexity index is 2280. The number of hydrogen-bond acceptors (Lipinski definition) is 13. The van der Waals surface area contributed by atoms with Crippen molar-refractivity contribution in [3.63, 3.8) is 0 Å². The number of amides is 3. The van der Waals surface area contributed by atoms with E-state index in [0.29, 0.717) is 125 Å². The van der Waals surface area contributed by atoms with Gasteiger partial charge in [0.15, 0.2) is 0 Å². The third kappa shape index (κ3) is 18.6. The van der Waals surface area contributed by atoms with Gasteiger partial charge in [0.1, 0.15) is 5.60 Å². The second-order valence-electron chi connectivity index (χ2n) is 15.5. The molecule has 3 amide bonds. The Labute approximate surface area is 384 Å². The largest absolute Gasteiger partial charge is 0.444 e. The maximum absolute atomic E-state index is 13.1. The zero-order valence-corrected chi connectivity index (χ0v) is 38.1. The lowest BCUT2D eigenvalue weighted by molar-refractivity contribution is -0.111. The lowest BCUT2D eigenvalue weighted by Crippen LogP contribution is -2.34. The van der Waals surface area contributed by atoms with Crippen LogP contribution in [0, 0.1) is 0 Å². The number of carbonyl (C=O) groups excluding carboxylic acids is 3. The molecule has 5 rings (SSSR count). The third-order valence-electron chi connectivity index (χ3n) is 9.09. The molecule has 0 unspecified atom stereocenters. The van der Waals surface area contributed by atoms with Gasteiger partial charge < -0.3 is 59.6 Å². The van der Waals surface area contributed by atoms with Gasteiger partial charge in [-0.15, -0.1) is 0 Å². The van der Waals surface area contributed by atoms with Gasteiger partial charge in [0.2, 0.25) is 11.9 Å². The molecule has 2 aromatic heterocycles. The van der Waals surface area contributed by atoms with Gasteiger partial charge in [-0.2, -0.15) is 0 Å². The Hall–Kier alpha value is -5.92. The summed E-state index contributed by atoms with van der Waals surface area (Å²) in [6.07, 6.45) is 6.22. The minimum Gasteiger partial charge on any atom is -0.444 e. The second-order valence-corrected chi connectivity index (χ2v) is 15.9. The minimum atomic E-state index is -0.528. The fourth-order valence-electron chi connectivity index (χ4n) is 5.95. The van der Waals surface area contributed by atoms with Crippen LogP contribution in [0.1, 0.15) is 31.1 Å². The van der Waals surface area contributed by atoms with E-state index in [9.17, 15) is 14.4 Å². The number of anilines is 4. The monoisotopic (exact) mass is 914 g/mol. The van der Waals surface area contributed by atoms with Gasteiger partial charge in [-0.25, -0.2) is 14.8 Å². The molecule has 2 heterocycles. The zero-order chi connectivity index (χ0) is 46.3. The van der Waals surface area contributed by atoms with Crippen LogP contribution in [-0.2, 0) is 33.2 Å². The van der Waals surface area contributed by atoms with Gasteiger partial charge in [-0.05, 0) is 76.3 Å². The number of aromatic nitrogens is 3. The quantitative estimate of drug-likeness (QED) is 0.0260. The zero-order valence-electron chi connectivity index (χ0n) is 37.3. The third-order valence-corrected chi connectivity index (χ3v) is 9.36. The Morgan fingerprint density at radius 1 is 0.769 bits per heavy atom. The molecular formula is C47H59ClN8O9. The predicted molar refractivity (Wildman–Crippen MR) is 252 cm³/mol. The first-order chi connectivity index (χ1) is 31.4. The number of rotatable bonds is 27. The fourth-order valence-corrected chi connectivity index (χ4v) is 6.14. The Balaban J connectivity index is 0.875. The van der Waals surface area contributed by atoms with E-state index in [-0.39, 0.29) is 11.8 Å². The molecule has 17 nitrogen and oxygen atoms in total. The number of para-hydroxylation sites is 1. The summed E-state index contributed by atoms with van der Waals surface area (Å²) in [4.78, 5) is 51.5. The summed E-state index contributed by atoms with van der Waals surface area (Å²) >= 11 is 6.50. The van der Waals surface area contributed by atoms with E-state index >= 15 is 0 Å². The van der Waals surface area contributed by atoms with Crippen molar-refractivity contribution in [2.45, 2.75) is 26.4 Å². The van der Waals surface area contributed by atoms with Gasteiger partial charge in [0.25, 0.3) is 5.91 Å². The predicted octanol–water partition coefficient (Wildman–Crippen LogP) is 7.31. The Morgan fingerprint density at radius 3 is 2.11 bits per heavy atom. The highest BCUT2D eigenvalue weighted by Crippen LogP contribution is 2.33. The molecule has 0 bridgehead atoms. The first kappa shape index (κ1) is 50.1. The van der Waals surface area contributed by atoms with Crippen LogP contribution in [0.3, 0.4) is 0 Å². The molecule has 0 saturated carbocycles. The van der Waals surface area contributed by atoms with E-state index in [1.165, 1.54) is 6.08 Å². The van der Waals surface area contributed by atoms with Crippen molar-refractivity contribution in [2.24, 2.45) is 0 Å². The number of benzene rings is 3. The van der Waals surface area contributed by atoms with Crippen LogP contribution in [0.5, 0.6) is 0 Å². The fraction of sp³-hybridized carbons (Fsp3) is 0.383. The maximum atomic E-state index is 13.1. The molecule has 65 heavy (non-hydrogen) atoms. The van der Waals surface area contributed by atoms with Crippen molar-refractivity contribution in [3.8, 4) is 11.3 Å². The summed E-state index contributed by atoms with van der Waals surface area (Å²) in [6.45, 7) is 11.5. The Kier molecular flexibility index (Phi) is 20.6. The Morgan fingerprint density at radius 2 is 1.42 bits per heavy atom. The van der Waals surface area contributed by atoms with Crippen LogP contribution in [0.2, 0.25) is 5.02 Å². The summed E-state index contributed by atoms with van der Waals surface area (Å²) < 4.78 is 32.7. The molecule has 0 atom stereocenters. The summed E-state index contributed by atoms with van der Waals surface area (Å²) in [5.74, 6) is -0.239. The molecular weight excluding hydrogens is 856 g/mol. The van der Waals surface area contributed by atoms with E-state index in [1.54, 1.807) is 48.7 Å². The number of ether oxygens (including phenoxy) is 6. The summed E-state index contributed by atoms with van der Waals surface area (Å²) in [5.41, 5.74) is 4.13. The van der Waals surface area contributed by atoms with Crippen LogP contribution in [0.25, 0.3) is 22.2 Å². The van der Waals surface area contributed by atoms with Crippen LogP contribution >= 0.6 is 11.6 Å². The number of nitrogens with zero attached hydrogens (tertiary/aromatic N) is 3. The van der Waals surface area contributed by atoms with E-state index < -0.39 is 11.7 Å². The van der Waals surface area contributed by atoms with Crippen LogP contribution < -0.4 is 21.3 Å². The molecule has 0 aliphatic carbocycles. The number of fused-ring (bicyclic) bond motifs is 1. The van der Waals surface area contributed by atoms with E-state index in [2.05, 4.69) is 36.2 Å². The SMILES string of the molecule is CN(C/C=C/C(=O)Nc1ccc(C(=O)Nc2cccc(Nc3ncc(Cl)c(-c4c[nH]c5ccccc45)n3)c2)cc1)CCOCCOCCOCCOCCOCCNC(=O)OC(C)(C)C. The molecule has 18 heteroatoms. The molecule has 5 aromatic rings. The van der Waals surface area contributed by atoms with E-state index in [4.69, 9.17) is 40.0 Å². The highest BCUT2D eigenvalue weighted by atomic mass is 35.5. The summed E-state index contributed by atoms with van der Waals surface area (Å²) in [6, 6.07) is 21.8. The van der Waals surface area contributed by atoms with Gasteiger partial charge in [-0.3, -0.25) is 9.59 Å². The van der Waals surface area contributed by atoms with E-state index in [1.807, 2.05) is 75.3 Å². The van der Waals surface area contributed by atoms with Gasteiger partial charge >= 0.3 is 6.09 Å². The molecule has 348 valence electrons. The van der Waals surface area contributed by atoms with Crippen molar-refractivity contribution in [2.75, 3.05) is 109 Å². The number of hydrogen-bond donors (Lipinski definition) is 5. The topological polar surface area (TPSA) is 200 Å².